The number of carbonyl (C=O) groups excluding carboxylic acids is 1. The monoisotopic (exact) mass is 326 g/mol. The number of sulfonamides is 1. The Labute approximate surface area is 131 Å². The van der Waals surface area contributed by atoms with Crippen LogP contribution in [0.2, 0.25) is 0 Å². The quantitative estimate of drug-likeness (QED) is 0.747. The van der Waals surface area contributed by atoms with E-state index in [1.54, 1.807) is 17.0 Å². The molecule has 1 aromatic carbocycles. The van der Waals surface area contributed by atoms with Crippen molar-refractivity contribution in [3.05, 3.63) is 29.8 Å². The van der Waals surface area contributed by atoms with E-state index in [4.69, 9.17) is 5.73 Å². The fraction of sp³-hybridized carbons (Fsp3) is 0.500. The minimum atomic E-state index is -3.63. The van der Waals surface area contributed by atoms with Gasteiger partial charge in [-0.15, -0.1) is 0 Å². The molecule has 1 amide bonds. The van der Waals surface area contributed by atoms with Crippen molar-refractivity contribution in [3.8, 4) is 0 Å². The molecule has 22 heavy (non-hydrogen) atoms. The summed E-state index contributed by atoms with van der Waals surface area (Å²) >= 11 is 0. The molecule has 1 aromatic rings. The Kier molecular flexibility index (Phi) is 5.52. The third-order valence-corrected chi connectivity index (χ3v) is 5.08. The van der Waals surface area contributed by atoms with Crippen molar-refractivity contribution in [1.29, 1.82) is 0 Å². The topological polar surface area (TPSA) is 95.7 Å². The summed E-state index contributed by atoms with van der Waals surface area (Å²) in [5.41, 5.74) is 5.70. The Balaban J connectivity index is 2.16. The van der Waals surface area contributed by atoms with Gasteiger partial charge in [0.05, 0.1) is 4.90 Å². The number of nitrogens with two attached hydrogens (primary N) is 1. The lowest BCUT2D eigenvalue weighted by molar-refractivity contribution is 0.0664. The summed E-state index contributed by atoms with van der Waals surface area (Å²) < 4.78 is 26.6. The summed E-state index contributed by atoms with van der Waals surface area (Å²) in [7, 11) is -1.61. The van der Waals surface area contributed by atoms with Gasteiger partial charge in [-0.3, -0.25) is 4.79 Å². The molecule has 0 aromatic heterocycles. The molecule has 0 spiro atoms. The van der Waals surface area contributed by atoms with E-state index >= 15 is 0 Å². The lowest BCUT2D eigenvalue weighted by atomic mass is 10.2. The standard InChI is InChI=1S/C14H22N4O3S/c1-17-7-9-18(10-8-17)14(19)12-3-2-4-13(11-12)22(20,21)16-6-5-15/h2-4,11,16H,5-10,15H2,1H3. The Morgan fingerprint density at radius 3 is 2.59 bits per heavy atom. The molecule has 0 unspecified atom stereocenters. The first-order valence-electron chi connectivity index (χ1n) is 7.21. The predicted molar refractivity (Wildman–Crippen MR) is 84.1 cm³/mol. The minimum Gasteiger partial charge on any atom is -0.336 e. The number of nitrogens with one attached hydrogen (secondary N) is 1. The van der Waals surface area contributed by atoms with Gasteiger partial charge in [-0.25, -0.2) is 13.1 Å². The fourth-order valence-corrected chi connectivity index (χ4v) is 3.36. The Hall–Kier alpha value is -1.48. The summed E-state index contributed by atoms with van der Waals surface area (Å²) in [6, 6.07) is 6.11. The average molecular weight is 326 g/mol. The number of amides is 1. The van der Waals surface area contributed by atoms with Gasteiger partial charge >= 0.3 is 0 Å². The highest BCUT2D eigenvalue weighted by Crippen LogP contribution is 2.14. The van der Waals surface area contributed by atoms with Crippen LogP contribution in [0, 0.1) is 0 Å². The van der Waals surface area contributed by atoms with E-state index < -0.39 is 10.0 Å². The van der Waals surface area contributed by atoms with Gasteiger partial charge in [0.2, 0.25) is 10.0 Å². The smallest absolute Gasteiger partial charge is 0.253 e. The van der Waals surface area contributed by atoms with Gasteiger partial charge in [-0.05, 0) is 25.2 Å². The highest BCUT2D eigenvalue weighted by molar-refractivity contribution is 7.89. The molecule has 1 fully saturated rings. The van der Waals surface area contributed by atoms with Crippen LogP contribution < -0.4 is 10.5 Å². The van der Waals surface area contributed by atoms with Crippen LogP contribution in [0.4, 0.5) is 0 Å². The van der Waals surface area contributed by atoms with Crippen molar-refractivity contribution >= 4 is 15.9 Å². The summed E-state index contributed by atoms with van der Waals surface area (Å²) in [5, 5.41) is 0. The Bertz CT molecular complexity index is 625. The van der Waals surface area contributed by atoms with Gasteiger partial charge < -0.3 is 15.5 Å². The SMILES string of the molecule is CN1CCN(C(=O)c2cccc(S(=O)(=O)NCCN)c2)CC1. The number of benzene rings is 1. The zero-order valence-electron chi connectivity index (χ0n) is 12.7. The average Bonchev–Trinajstić information content (AvgIpc) is 2.53. The third-order valence-electron chi connectivity index (χ3n) is 3.62. The van der Waals surface area contributed by atoms with Crippen LogP contribution in [0.25, 0.3) is 0 Å². The zero-order valence-corrected chi connectivity index (χ0v) is 13.5. The van der Waals surface area contributed by atoms with Gasteiger partial charge in [0.1, 0.15) is 0 Å². The molecule has 3 N–H and O–H groups in total. The molecule has 8 heteroatoms. The maximum absolute atomic E-state index is 12.5. The van der Waals surface area contributed by atoms with Crippen LogP contribution >= 0.6 is 0 Å². The van der Waals surface area contributed by atoms with Gasteiger partial charge in [0, 0.05) is 44.8 Å². The van der Waals surface area contributed by atoms with Crippen molar-refractivity contribution in [2.45, 2.75) is 4.90 Å². The maximum atomic E-state index is 12.5. The Morgan fingerprint density at radius 2 is 1.95 bits per heavy atom. The van der Waals surface area contributed by atoms with Crippen molar-refractivity contribution in [2.24, 2.45) is 5.73 Å². The first-order chi connectivity index (χ1) is 10.4. The van der Waals surface area contributed by atoms with Crippen molar-refractivity contribution in [2.75, 3.05) is 46.3 Å². The maximum Gasteiger partial charge on any atom is 0.253 e. The number of nitrogens with zero attached hydrogens (tertiary/aromatic N) is 2. The lowest BCUT2D eigenvalue weighted by Crippen LogP contribution is -2.47. The highest BCUT2D eigenvalue weighted by Gasteiger charge is 2.22. The van der Waals surface area contributed by atoms with Crippen LogP contribution in [0.15, 0.2) is 29.2 Å². The van der Waals surface area contributed by atoms with Gasteiger partial charge in [0.15, 0.2) is 0 Å². The summed E-state index contributed by atoms with van der Waals surface area (Å²) in [5.74, 6) is -0.135. The van der Waals surface area contributed by atoms with Crippen LogP contribution in [0.3, 0.4) is 0 Å². The first kappa shape index (κ1) is 16.9. The number of hydrogen-bond donors (Lipinski definition) is 2. The molecular weight excluding hydrogens is 304 g/mol. The van der Waals surface area contributed by atoms with Gasteiger partial charge in [0.25, 0.3) is 5.91 Å². The number of hydrogen-bond acceptors (Lipinski definition) is 5. The number of rotatable bonds is 5. The molecule has 1 saturated heterocycles. The van der Waals surface area contributed by atoms with Crippen molar-refractivity contribution < 1.29 is 13.2 Å². The van der Waals surface area contributed by atoms with E-state index in [1.807, 2.05) is 7.05 Å². The Morgan fingerprint density at radius 1 is 1.27 bits per heavy atom. The van der Waals surface area contributed by atoms with E-state index in [1.165, 1.54) is 12.1 Å². The van der Waals surface area contributed by atoms with E-state index in [0.29, 0.717) is 18.7 Å². The fourth-order valence-electron chi connectivity index (χ4n) is 2.27. The van der Waals surface area contributed by atoms with Crippen molar-refractivity contribution in [3.63, 3.8) is 0 Å². The number of piperazine rings is 1. The lowest BCUT2D eigenvalue weighted by Gasteiger charge is -2.32. The van der Waals surface area contributed by atoms with Crippen molar-refractivity contribution in [1.82, 2.24) is 14.5 Å². The molecule has 1 aliphatic rings. The molecule has 0 radical (unpaired) electrons. The molecule has 122 valence electrons. The molecule has 1 heterocycles. The van der Waals surface area contributed by atoms with E-state index in [0.717, 1.165) is 13.1 Å². The van der Waals surface area contributed by atoms with Crippen LogP contribution in [0.1, 0.15) is 10.4 Å². The first-order valence-corrected chi connectivity index (χ1v) is 8.70. The normalized spacial score (nSPS) is 16.7. The van der Waals surface area contributed by atoms with Crippen LogP contribution in [-0.4, -0.2) is 70.4 Å². The number of likely N-dealkylation sites (N-methyl/N-ethyl adjacent to an activating group) is 1. The summed E-state index contributed by atoms with van der Waals surface area (Å²) in [4.78, 5) is 16.5. The molecule has 7 nitrogen and oxygen atoms in total. The zero-order chi connectivity index (χ0) is 16.2. The predicted octanol–water partition coefficient (Wildman–Crippen LogP) is -0.689. The molecule has 0 bridgehead atoms. The van der Waals surface area contributed by atoms with Gasteiger partial charge in [-0.1, -0.05) is 6.07 Å². The second kappa shape index (κ2) is 7.19. The van der Waals surface area contributed by atoms with E-state index in [2.05, 4.69) is 9.62 Å². The van der Waals surface area contributed by atoms with E-state index in [9.17, 15) is 13.2 Å². The van der Waals surface area contributed by atoms with Crippen LogP contribution in [0.5, 0.6) is 0 Å². The molecule has 1 aliphatic heterocycles. The molecular formula is C14H22N4O3S. The minimum absolute atomic E-state index is 0.0842. The second-order valence-corrected chi connectivity index (χ2v) is 7.08. The molecule has 0 aliphatic carbocycles. The third kappa shape index (κ3) is 4.04. The van der Waals surface area contributed by atoms with Gasteiger partial charge in [-0.2, -0.15) is 0 Å². The molecule has 2 rings (SSSR count). The molecule has 0 saturated carbocycles. The summed E-state index contributed by atoms with van der Waals surface area (Å²) in [6.45, 7) is 3.33. The highest BCUT2D eigenvalue weighted by atomic mass is 32.2. The van der Waals surface area contributed by atoms with Crippen LogP contribution in [-0.2, 0) is 10.0 Å². The van der Waals surface area contributed by atoms with E-state index in [-0.39, 0.29) is 23.9 Å². The molecule has 0 atom stereocenters. The summed E-state index contributed by atoms with van der Waals surface area (Å²) in [6.07, 6.45) is 0. The number of carbonyl (C=O) groups is 1. The largest absolute Gasteiger partial charge is 0.336 e. The second-order valence-electron chi connectivity index (χ2n) is 5.31.